The number of hydrogen-bond donors (Lipinski definition) is 0. The first-order valence-electron chi connectivity index (χ1n) is 0.204. The van der Waals surface area contributed by atoms with Gasteiger partial charge in [-0.05, 0) is 0 Å². The molecule has 0 N–H and O–H groups in total. The summed E-state index contributed by atoms with van der Waals surface area (Å²) in [5, 5.41) is 0. The molecule has 4 heavy (non-hydrogen) atoms. The van der Waals surface area contributed by atoms with Gasteiger partial charge < -0.3 is 0 Å². The molecule has 0 bridgehead atoms. The summed E-state index contributed by atoms with van der Waals surface area (Å²) in [4.78, 5) is 0. The maximum atomic E-state index is 8.25. The molecule has 0 aliphatic carbocycles. The third kappa shape index (κ3) is 9.25. The molecule has 0 heterocycles. The third-order valence-electron chi connectivity index (χ3n) is 0. The van der Waals surface area contributed by atoms with Gasteiger partial charge in [0.15, 0.2) is 17.4 Å². The second kappa shape index (κ2) is 21.7. The van der Waals surface area contributed by atoms with Crippen molar-refractivity contribution >= 4 is 60.0 Å². The van der Waals surface area contributed by atoms with E-state index in [1.807, 2.05) is 0 Å². The standard InChI is InChI=1S/Al.AsHO.In.6H/c;1-2;;;;;;;/h;1H;;;;;;;. The summed E-state index contributed by atoms with van der Waals surface area (Å²) < 4.78 is 8.25. The van der Waals surface area contributed by atoms with Crippen molar-refractivity contribution in [3.05, 3.63) is 0 Å². The summed E-state index contributed by atoms with van der Waals surface area (Å²) in [6.45, 7) is 0. The van der Waals surface area contributed by atoms with Crippen molar-refractivity contribution in [2.24, 2.45) is 0 Å². The Morgan fingerprint density at radius 1 is 1.25 bits per heavy atom. The van der Waals surface area contributed by atoms with Gasteiger partial charge in [0.1, 0.15) is 0 Å². The fourth-order valence-electron chi connectivity index (χ4n) is 0. The van der Waals surface area contributed by atoms with E-state index in [0.717, 1.165) is 16.8 Å². The van der Waals surface area contributed by atoms with Gasteiger partial charge in [-0.15, -0.1) is 0 Å². The molecule has 1 nitrogen and oxygen atoms in total. The Balaban J connectivity index is -0.00000000500. The van der Waals surface area contributed by atoms with Crippen LogP contribution in [-0.2, 0) is 3.74 Å². The fourth-order valence-corrected chi connectivity index (χ4v) is 0. The summed E-state index contributed by atoms with van der Waals surface area (Å²) in [5.74, 6) is 0. The van der Waals surface area contributed by atoms with Gasteiger partial charge in [-0.25, -0.2) is 0 Å². The Morgan fingerprint density at radius 2 is 1.25 bits per heavy atom. The van der Waals surface area contributed by atoms with Gasteiger partial charge in [-0.2, -0.15) is 0 Å². The molecule has 0 saturated carbocycles. The molecular weight excluding hydrogens is 233 g/mol. The first-order chi connectivity index (χ1) is 1.00. The molecule has 0 amide bonds. The van der Waals surface area contributed by atoms with Crippen LogP contribution < -0.4 is 0 Å². The van der Waals surface area contributed by atoms with Crippen LogP contribution in [0.4, 0.5) is 0 Å². The average molecular weight is 240 g/mol. The molecular formula is H7AlAsInO. The molecule has 24 valence electrons. The van der Waals surface area contributed by atoms with Crippen LogP contribution in [0.2, 0.25) is 0 Å². The molecule has 4 heteroatoms. The van der Waals surface area contributed by atoms with Crippen LogP contribution in [0.15, 0.2) is 0 Å². The topological polar surface area (TPSA) is 17.1 Å². The minimum absolute atomic E-state index is 0. The fraction of sp³-hybridized carbons (Fsp3) is 0. The van der Waals surface area contributed by atoms with Crippen LogP contribution in [-0.4, -0.2) is 60.0 Å². The molecule has 0 unspecified atom stereocenters. The van der Waals surface area contributed by atoms with Crippen molar-refractivity contribution in [2.45, 2.75) is 0 Å². The predicted molar refractivity (Wildman–Crippen MR) is 27.7 cm³/mol. The van der Waals surface area contributed by atoms with Crippen LogP contribution in [0.3, 0.4) is 0 Å². The van der Waals surface area contributed by atoms with Crippen LogP contribution in [0.1, 0.15) is 0 Å². The Morgan fingerprint density at radius 3 is 1.25 bits per heavy atom. The van der Waals surface area contributed by atoms with Gasteiger partial charge in [0.2, 0.25) is 0 Å². The van der Waals surface area contributed by atoms with Crippen molar-refractivity contribution < 1.29 is 3.74 Å². The normalized spacial score (nSPS) is 1.00. The zero-order valence-corrected chi connectivity index (χ0v) is 3.01. The molecule has 0 aromatic heterocycles. The molecule has 0 saturated heterocycles. The predicted octanol–water partition coefficient (Wildman–Crippen LogP) is -3.14. The Hall–Kier alpha value is 1.76. The Bertz CT molecular complexity index is 8.00. The van der Waals surface area contributed by atoms with Gasteiger partial charge in [-0.1, -0.05) is 0 Å². The number of rotatable bonds is 0. The van der Waals surface area contributed by atoms with Gasteiger partial charge in [0.25, 0.3) is 0 Å². The summed E-state index contributed by atoms with van der Waals surface area (Å²) in [6, 6.07) is 0. The van der Waals surface area contributed by atoms with Gasteiger partial charge in [-0.3, -0.25) is 0 Å². The molecule has 0 fully saturated rings. The monoisotopic (exact) mass is 240 g/mol. The molecule has 0 aromatic rings. The Kier molecular flexibility index (Phi) is 93.0. The summed E-state index contributed by atoms with van der Waals surface area (Å²) in [7, 11) is 0. The molecule has 0 spiro atoms. The van der Waals surface area contributed by atoms with E-state index >= 15 is 0 Å². The second-order valence-electron chi connectivity index (χ2n) is 0. The van der Waals surface area contributed by atoms with E-state index < -0.39 is 0 Å². The molecule has 0 atom stereocenters. The van der Waals surface area contributed by atoms with Crippen LogP contribution in [0.5, 0.6) is 0 Å². The van der Waals surface area contributed by atoms with E-state index in [0.29, 0.717) is 0 Å². The second-order valence-corrected chi connectivity index (χ2v) is 0. The van der Waals surface area contributed by atoms with E-state index in [1.165, 1.54) is 0 Å². The van der Waals surface area contributed by atoms with Crippen molar-refractivity contribution in [3.63, 3.8) is 0 Å². The van der Waals surface area contributed by atoms with E-state index in [9.17, 15) is 0 Å². The molecule has 0 aliphatic rings. The quantitative estimate of drug-likeness (QED) is 0.409. The minimum atomic E-state index is 0. The Labute approximate surface area is 63.2 Å². The van der Waals surface area contributed by atoms with Crippen LogP contribution in [0, 0.1) is 0 Å². The summed E-state index contributed by atoms with van der Waals surface area (Å²) in [6.07, 6.45) is 0. The van der Waals surface area contributed by atoms with Crippen molar-refractivity contribution in [1.82, 2.24) is 0 Å². The van der Waals surface area contributed by atoms with Crippen LogP contribution in [0.25, 0.3) is 0 Å². The van der Waals surface area contributed by atoms with Crippen molar-refractivity contribution in [1.29, 1.82) is 0 Å². The molecule has 0 radical (unpaired) electrons. The van der Waals surface area contributed by atoms with Gasteiger partial charge in [0.05, 0.1) is 0 Å². The number of hydrogen-bond acceptors (Lipinski definition) is 1. The third-order valence-corrected chi connectivity index (χ3v) is 0. The first kappa shape index (κ1) is 17.1. The summed E-state index contributed by atoms with van der Waals surface area (Å²) in [5.41, 5.74) is 0. The van der Waals surface area contributed by atoms with Crippen molar-refractivity contribution in [2.75, 3.05) is 0 Å². The average Bonchev–Trinajstić information content (AvgIpc) is 1.00. The van der Waals surface area contributed by atoms with Crippen LogP contribution >= 0.6 is 0 Å². The summed E-state index contributed by atoms with van der Waals surface area (Å²) >= 11 is 0.750. The first-order valence-corrected chi connectivity index (χ1v) is 1.06. The van der Waals surface area contributed by atoms with Gasteiger partial charge in [0, 0.05) is 0 Å². The van der Waals surface area contributed by atoms with E-state index in [-0.39, 0.29) is 43.2 Å². The molecule has 0 aliphatic heterocycles. The van der Waals surface area contributed by atoms with E-state index in [4.69, 9.17) is 3.74 Å². The zero-order valence-electron chi connectivity index (χ0n) is 0.908. The van der Waals surface area contributed by atoms with Gasteiger partial charge >= 0.3 is 46.4 Å². The zero-order chi connectivity index (χ0) is 2.00. The van der Waals surface area contributed by atoms with E-state index in [2.05, 4.69) is 0 Å². The SMILES string of the molecule is O=[AsH].[AlH3].[InH3]. The molecule has 0 rings (SSSR count). The van der Waals surface area contributed by atoms with Crippen molar-refractivity contribution in [3.8, 4) is 0 Å². The maximum absolute atomic E-state index is 8.25. The van der Waals surface area contributed by atoms with E-state index in [1.54, 1.807) is 0 Å². The molecule has 0 aromatic carbocycles.